The lowest BCUT2D eigenvalue weighted by molar-refractivity contribution is 0.214. The Labute approximate surface area is 129 Å². The van der Waals surface area contributed by atoms with Crippen LogP contribution in [0, 0.1) is 5.92 Å². The van der Waals surface area contributed by atoms with Gasteiger partial charge in [0.05, 0.1) is 0 Å². The van der Waals surface area contributed by atoms with E-state index in [2.05, 4.69) is 42.8 Å². The van der Waals surface area contributed by atoms with Crippen LogP contribution in [0.15, 0.2) is 24.3 Å². The summed E-state index contributed by atoms with van der Waals surface area (Å²) in [5.41, 5.74) is 2.74. The summed E-state index contributed by atoms with van der Waals surface area (Å²) in [5, 5.41) is 0. The number of fused-ring (bicyclic) bond motifs is 1. The van der Waals surface area contributed by atoms with E-state index in [-0.39, 0.29) is 6.04 Å². The Morgan fingerprint density at radius 3 is 2.24 bits per heavy atom. The van der Waals surface area contributed by atoms with Gasteiger partial charge in [-0.15, -0.1) is 0 Å². The van der Waals surface area contributed by atoms with E-state index in [1.54, 1.807) is 0 Å². The van der Waals surface area contributed by atoms with Gasteiger partial charge < -0.3 is 0 Å². The Hall–Kier alpha value is -0.670. The smallest absolute Gasteiger partial charge is 0.270 e. The molecule has 0 saturated carbocycles. The van der Waals surface area contributed by atoms with Gasteiger partial charge in [0, 0.05) is 12.6 Å². The van der Waals surface area contributed by atoms with E-state index >= 15 is 0 Å². The van der Waals surface area contributed by atoms with E-state index in [4.69, 9.17) is 0 Å². The van der Waals surface area contributed by atoms with Gasteiger partial charge in [0.25, 0.3) is 7.59 Å². The van der Waals surface area contributed by atoms with Gasteiger partial charge in [0.2, 0.25) is 0 Å². The first-order valence-corrected chi connectivity index (χ1v) is 9.17. The summed E-state index contributed by atoms with van der Waals surface area (Å²) < 4.78 is 19.7. The maximum absolute atomic E-state index is 13.7. The zero-order chi connectivity index (χ0) is 15.8. The van der Waals surface area contributed by atoms with Crippen LogP contribution >= 0.6 is 7.59 Å². The molecule has 0 aromatic heterocycles. The van der Waals surface area contributed by atoms with Gasteiger partial charge in [-0.2, -0.15) is 0 Å². The minimum Gasteiger partial charge on any atom is -0.270 e. The molecule has 0 amide bonds. The van der Waals surface area contributed by atoms with Gasteiger partial charge in [-0.25, -0.2) is 14.0 Å². The number of nitrogens with zero attached hydrogens (tertiary/aromatic N) is 3. The molecule has 4 nitrogen and oxygen atoms in total. The fourth-order valence-electron chi connectivity index (χ4n) is 3.40. The van der Waals surface area contributed by atoms with Crippen molar-refractivity contribution in [2.75, 3.05) is 34.7 Å². The van der Waals surface area contributed by atoms with Crippen LogP contribution in [-0.2, 0) is 11.0 Å². The highest BCUT2D eigenvalue weighted by Gasteiger charge is 2.43. The number of hydrogen-bond donors (Lipinski definition) is 0. The Morgan fingerprint density at radius 1 is 1.14 bits per heavy atom. The van der Waals surface area contributed by atoms with Crippen LogP contribution < -0.4 is 0 Å². The molecule has 1 aromatic carbocycles. The summed E-state index contributed by atoms with van der Waals surface area (Å²) in [6, 6.07) is 8.79. The molecule has 0 fully saturated rings. The third kappa shape index (κ3) is 2.83. The molecule has 21 heavy (non-hydrogen) atoms. The zero-order valence-corrected chi connectivity index (χ0v) is 15.0. The maximum atomic E-state index is 13.7. The van der Waals surface area contributed by atoms with Crippen molar-refractivity contribution in [3.8, 4) is 0 Å². The third-order valence-corrected chi connectivity index (χ3v) is 7.52. The molecule has 2 rings (SSSR count). The van der Waals surface area contributed by atoms with E-state index in [1.807, 2.05) is 37.5 Å². The highest BCUT2D eigenvalue weighted by molar-refractivity contribution is 7.56. The molecular weight excluding hydrogens is 281 g/mol. The standard InChI is InChI=1S/C16H28N3OP/c1-13(2)16-15-10-8-7-9-14(15)11-12-19(16)21(20,17(3)4)18(5)6/h7-10,13,16H,11-12H2,1-6H3. The maximum Gasteiger partial charge on any atom is 0.286 e. The van der Waals surface area contributed by atoms with Crippen LogP contribution in [0.3, 0.4) is 0 Å². The Morgan fingerprint density at radius 2 is 1.71 bits per heavy atom. The Bertz CT molecular complexity index is 530. The molecule has 1 unspecified atom stereocenters. The second-order valence-corrected chi connectivity index (χ2v) is 9.65. The highest BCUT2D eigenvalue weighted by Crippen LogP contribution is 2.59. The molecule has 118 valence electrons. The van der Waals surface area contributed by atoms with Crippen LogP contribution in [-0.4, -0.2) is 48.7 Å². The second-order valence-electron chi connectivity index (χ2n) is 6.51. The van der Waals surface area contributed by atoms with Crippen molar-refractivity contribution >= 4 is 7.59 Å². The summed E-state index contributed by atoms with van der Waals surface area (Å²) >= 11 is 0. The highest BCUT2D eigenvalue weighted by atomic mass is 31.2. The van der Waals surface area contributed by atoms with Crippen molar-refractivity contribution < 1.29 is 4.57 Å². The van der Waals surface area contributed by atoms with Crippen LogP contribution in [0.1, 0.15) is 31.0 Å². The Kier molecular flexibility index (Phi) is 4.94. The molecule has 1 heterocycles. The SMILES string of the molecule is CC(C)C1c2ccccc2CCN1P(=O)(N(C)C)N(C)C. The Balaban J connectivity index is 2.52. The van der Waals surface area contributed by atoms with Crippen molar-refractivity contribution in [2.24, 2.45) is 5.92 Å². The van der Waals surface area contributed by atoms with Gasteiger partial charge >= 0.3 is 0 Å². The van der Waals surface area contributed by atoms with Crippen molar-refractivity contribution in [2.45, 2.75) is 26.3 Å². The quantitative estimate of drug-likeness (QED) is 0.796. The minimum absolute atomic E-state index is 0.200. The first-order chi connectivity index (χ1) is 9.80. The molecule has 1 aromatic rings. The van der Waals surface area contributed by atoms with Gasteiger partial charge in [-0.1, -0.05) is 38.1 Å². The molecular formula is C16H28N3OP. The van der Waals surface area contributed by atoms with Gasteiger partial charge in [-0.05, 0) is 51.7 Å². The van der Waals surface area contributed by atoms with E-state index in [1.165, 1.54) is 11.1 Å². The van der Waals surface area contributed by atoms with Crippen LogP contribution in [0.4, 0.5) is 0 Å². The molecule has 0 spiro atoms. The summed E-state index contributed by atoms with van der Waals surface area (Å²) in [6.45, 7) is 5.28. The van der Waals surface area contributed by atoms with E-state index in [0.29, 0.717) is 5.92 Å². The largest absolute Gasteiger partial charge is 0.286 e. The molecule has 0 radical (unpaired) electrons. The van der Waals surface area contributed by atoms with Gasteiger partial charge in [0.15, 0.2) is 0 Å². The van der Waals surface area contributed by atoms with E-state index < -0.39 is 7.59 Å². The lowest BCUT2D eigenvalue weighted by Crippen LogP contribution is -2.42. The average molecular weight is 309 g/mol. The topological polar surface area (TPSA) is 26.8 Å². The molecule has 0 aliphatic carbocycles. The van der Waals surface area contributed by atoms with Gasteiger partial charge in [-0.3, -0.25) is 4.57 Å². The fourth-order valence-corrected chi connectivity index (χ4v) is 6.11. The monoisotopic (exact) mass is 309 g/mol. The summed E-state index contributed by atoms with van der Waals surface area (Å²) in [6.07, 6.45) is 0.963. The zero-order valence-electron chi connectivity index (χ0n) is 14.1. The lowest BCUT2D eigenvalue weighted by Gasteiger charge is -2.47. The van der Waals surface area contributed by atoms with Gasteiger partial charge in [0.1, 0.15) is 0 Å². The molecule has 1 aliphatic heterocycles. The van der Waals surface area contributed by atoms with E-state index in [0.717, 1.165) is 13.0 Å². The van der Waals surface area contributed by atoms with Crippen molar-refractivity contribution in [1.82, 2.24) is 14.0 Å². The average Bonchev–Trinajstić information content (AvgIpc) is 2.44. The van der Waals surface area contributed by atoms with Crippen LogP contribution in [0.25, 0.3) is 0 Å². The summed E-state index contributed by atoms with van der Waals surface area (Å²) in [7, 11) is 4.96. The predicted molar refractivity (Wildman–Crippen MR) is 89.4 cm³/mol. The first-order valence-electron chi connectivity index (χ1n) is 7.60. The lowest BCUT2D eigenvalue weighted by atomic mass is 9.88. The van der Waals surface area contributed by atoms with Crippen LogP contribution in [0.2, 0.25) is 0 Å². The fraction of sp³-hybridized carbons (Fsp3) is 0.625. The molecule has 1 atom stereocenters. The molecule has 0 saturated heterocycles. The minimum atomic E-state index is -2.70. The normalized spacial score (nSPS) is 20.3. The molecule has 5 heteroatoms. The van der Waals surface area contributed by atoms with Crippen molar-refractivity contribution in [1.29, 1.82) is 0 Å². The molecule has 1 aliphatic rings. The number of rotatable bonds is 4. The first kappa shape index (κ1) is 16.7. The van der Waals surface area contributed by atoms with E-state index in [9.17, 15) is 4.57 Å². The third-order valence-electron chi connectivity index (χ3n) is 4.31. The number of benzene rings is 1. The second kappa shape index (κ2) is 6.21. The molecule has 0 N–H and O–H groups in total. The van der Waals surface area contributed by atoms with Crippen molar-refractivity contribution in [3.05, 3.63) is 35.4 Å². The van der Waals surface area contributed by atoms with Crippen molar-refractivity contribution in [3.63, 3.8) is 0 Å². The summed E-state index contributed by atoms with van der Waals surface area (Å²) in [4.78, 5) is 0. The number of hydrogen-bond acceptors (Lipinski definition) is 1. The van der Waals surface area contributed by atoms with Crippen LogP contribution in [0.5, 0.6) is 0 Å². The molecule has 0 bridgehead atoms. The predicted octanol–water partition coefficient (Wildman–Crippen LogP) is 3.47. The summed E-state index contributed by atoms with van der Waals surface area (Å²) in [5.74, 6) is 0.416.